The van der Waals surface area contributed by atoms with Crippen LogP contribution in [0, 0.1) is 0 Å². The molecule has 0 radical (unpaired) electrons. The molecule has 5 nitrogen and oxygen atoms in total. The zero-order valence-corrected chi connectivity index (χ0v) is 10.3. The van der Waals surface area contributed by atoms with E-state index in [0.717, 1.165) is 26.1 Å². The van der Waals surface area contributed by atoms with E-state index in [4.69, 9.17) is 14.6 Å². The summed E-state index contributed by atoms with van der Waals surface area (Å²) in [7, 11) is 1.67. The van der Waals surface area contributed by atoms with Crippen LogP contribution in [0.5, 0.6) is 0 Å². The topological polar surface area (TPSA) is 59.0 Å². The molecule has 16 heavy (non-hydrogen) atoms. The molecule has 0 saturated carbocycles. The van der Waals surface area contributed by atoms with E-state index in [0.29, 0.717) is 19.8 Å². The molecule has 0 bridgehead atoms. The van der Waals surface area contributed by atoms with E-state index >= 15 is 0 Å². The average Bonchev–Trinajstić information content (AvgIpc) is 2.27. The van der Waals surface area contributed by atoms with Gasteiger partial charge in [0.2, 0.25) is 0 Å². The summed E-state index contributed by atoms with van der Waals surface area (Å²) in [6.45, 7) is 6.32. The molecule has 96 valence electrons. The Morgan fingerprint density at radius 3 is 2.56 bits per heavy atom. The standard InChI is InChI=1S/C11H23NO4/c1-3-12(6-5-11(13)14)7-10-16-9-4-8-15-2/h3-10H2,1-2H3,(H,13,14). The van der Waals surface area contributed by atoms with Crippen LogP contribution in [-0.4, -0.2) is 62.5 Å². The van der Waals surface area contributed by atoms with Gasteiger partial charge in [-0.3, -0.25) is 4.79 Å². The van der Waals surface area contributed by atoms with Crippen molar-refractivity contribution in [2.75, 3.05) is 46.6 Å². The highest BCUT2D eigenvalue weighted by Gasteiger charge is 2.04. The molecule has 0 amide bonds. The summed E-state index contributed by atoms with van der Waals surface area (Å²) in [5.41, 5.74) is 0. The Hall–Kier alpha value is -0.650. The zero-order chi connectivity index (χ0) is 12.2. The van der Waals surface area contributed by atoms with Crippen molar-refractivity contribution in [2.45, 2.75) is 19.8 Å². The number of carboxylic acids is 1. The highest BCUT2D eigenvalue weighted by Crippen LogP contribution is 1.92. The minimum absolute atomic E-state index is 0.192. The van der Waals surface area contributed by atoms with E-state index in [2.05, 4.69) is 4.90 Å². The number of aliphatic carboxylic acids is 1. The maximum atomic E-state index is 10.4. The summed E-state index contributed by atoms with van der Waals surface area (Å²) < 4.78 is 10.3. The van der Waals surface area contributed by atoms with Crippen LogP contribution in [0.15, 0.2) is 0 Å². The van der Waals surface area contributed by atoms with Crippen LogP contribution in [-0.2, 0) is 14.3 Å². The number of hydrogen-bond acceptors (Lipinski definition) is 4. The highest BCUT2D eigenvalue weighted by atomic mass is 16.5. The van der Waals surface area contributed by atoms with Crippen molar-refractivity contribution in [2.24, 2.45) is 0 Å². The summed E-state index contributed by atoms with van der Waals surface area (Å²) in [5.74, 6) is -0.750. The van der Waals surface area contributed by atoms with Crippen LogP contribution in [0.3, 0.4) is 0 Å². The lowest BCUT2D eigenvalue weighted by Crippen LogP contribution is -2.29. The fraction of sp³-hybridized carbons (Fsp3) is 0.909. The second-order valence-electron chi connectivity index (χ2n) is 3.54. The molecule has 0 heterocycles. The van der Waals surface area contributed by atoms with E-state index in [1.807, 2.05) is 6.92 Å². The molecule has 0 aromatic heterocycles. The molecule has 0 saturated heterocycles. The first kappa shape index (κ1) is 15.3. The van der Waals surface area contributed by atoms with Crippen molar-refractivity contribution in [3.63, 3.8) is 0 Å². The van der Waals surface area contributed by atoms with Gasteiger partial charge in [0, 0.05) is 33.4 Å². The monoisotopic (exact) mass is 233 g/mol. The quantitative estimate of drug-likeness (QED) is 0.536. The molecule has 1 N–H and O–H groups in total. The molecule has 0 fully saturated rings. The average molecular weight is 233 g/mol. The van der Waals surface area contributed by atoms with Crippen LogP contribution in [0.1, 0.15) is 19.8 Å². The van der Waals surface area contributed by atoms with Gasteiger partial charge >= 0.3 is 5.97 Å². The lowest BCUT2D eigenvalue weighted by atomic mass is 10.4. The van der Waals surface area contributed by atoms with Gasteiger partial charge < -0.3 is 19.5 Å². The third kappa shape index (κ3) is 9.89. The Kier molecular flexibility index (Phi) is 10.4. The summed E-state index contributed by atoms with van der Waals surface area (Å²) in [6, 6.07) is 0. The van der Waals surface area contributed by atoms with Crippen LogP contribution in [0.2, 0.25) is 0 Å². The Labute approximate surface area is 97.3 Å². The predicted octanol–water partition coefficient (Wildman–Crippen LogP) is 0.836. The minimum atomic E-state index is -0.750. The van der Waals surface area contributed by atoms with Gasteiger partial charge in [-0.15, -0.1) is 0 Å². The molecule has 0 rings (SSSR count). The number of hydrogen-bond donors (Lipinski definition) is 1. The minimum Gasteiger partial charge on any atom is -0.481 e. The van der Waals surface area contributed by atoms with Gasteiger partial charge in [0.05, 0.1) is 13.0 Å². The molecular weight excluding hydrogens is 210 g/mol. The van der Waals surface area contributed by atoms with Crippen LogP contribution >= 0.6 is 0 Å². The maximum absolute atomic E-state index is 10.4. The van der Waals surface area contributed by atoms with Crippen molar-refractivity contribution >= 4 is 5.97 Å². The van der Waals surface area contributed by atoms with Gasteiger partial charge in [-0.05, 0) is 13.0 Å². The lowest BCUT2D eigenvalue weighted by molar-refractivity contribution is -0.137. The molecule has 0 unspecified atom stereocenters. The normalized spacial score (nSPS) is 10.9. The Bertz CT molecular complexity index is 175. The van der Waals surface area contributed by atoms with Gasteiger partial charge in [0.1, 0.15) is 0 Å². The lowest BCUT2D eigenvalue weighted by Gasteiger charge is -2.19. The first-order valence-electron chi connectivity index (χ1n) is 5.71. The van der Waals surface area contributed by atoms with E-state index in [1.165, 1.54) is 0 Å². The Morgan fingerprint density at radius 1 is 1.25 bits per heavy atom. The van der Waals surface area contributed by atoms with Crippen LogP contribution < -0.4 is 0 Å². The van der Waals surface area contributed by atoms with E-state index in [-0.39, 0.29) is 6.42 Å². The van der Waals surface area contributed by atoms with Gasteiger partial charge in [0.15, 0.2) is 0 Å². The summed E-state index contributed by atoms with van der Waals surface area (Å²) in [5, 5.41) is 8.55. The largest absolute Gasteiger partial charge is 0.481 e. The number of rotatable bonds is 11. The van der Waals surface area contributed by atoms with Crippen LogP contribution in [0.4, 0.5) is 0 Å². The molecular formula is C11H23NO4. The fourth-order valence-electron chi connectivity index (χ4n) is 1.28. The second-order valence-corrected chi connectivity index (χ2v) is 3.54. The number of carbonyl (C=O) groups is 1. The van der Waals surface area contributed by atoms with Crippen molar-refractivity contribution < 1.29 is 19.4 Å². The first-order chi connectivity index (χ1) is 7.70. The number of nitrogens with zero attached hydrogens (tertiary/aromatic N) is 1. The van der Waals surface area contributed by atoms with Gasteiger partial charge in [-0.25, -0.2) is 0 Å². The van der Waals surface area contributed by atoms with Gasteiger partial charge in [-0.1, -0.05) is 6.92 Å². The third-order valence-electron chi connectivity index (χ3n) is 2.28. The highest BCUT2D eigenvalue weighted by molar-refractivity contribution is 5.66. The second kappa shape index (κ2) is 10.9. The van der Waals surface area contributed by atoms with E-state index in [1.54, 1.807) is 7.11 Å². The number of carboxylic acid groups (broad SMARTS) is 1. The molecule has 0 aromatic carbocycles. The van der Waals surface area contributed by atoms with Crippen LogP contribution in [0.25, 0.3) is 0 Å². The zero-order valence-electron chi connectivity index (χ0n) is 10.3. The van der Waals surface area contributed by atoms with E-state index in [9.17, 15) is 4.79 Å². The molecule has 5 heteroatoms. The predicted molar refractivity (Wildman–Crippen MR) is 61.7 cm³/mol. The summed E-state index contributed by atoms with van der Waals surface area (Å²) in [6.07, 6.45) is 1.09. The summed E-state index contributed by atoms with van der Waals surface area (Å²) in [4.78, 5) is 12.5. The molecule has 0 aliphatic rings. The number of methoxy groups -OCH3 is 1. The number of ether oxygens (including phenoxy) is 2. The van der Waals surface area contributed by atoms with Gasteiger partial charge in [0.25, 0.3) is 0 Å². The van der Waals surface area contributed by atoms with Crippen molar-refractivity contribution in [3.05, 3.63) is 0 Å². The van der Waals surface area contributed by atoms with Crippen molar-refractivity contribution in [1.29, 1.82) is 0 Å². The third-order valence-corrected chi connectivity index (χ3v) is 2.28. The molecule has 0 aliphatic heterocycles. The van der Waals surface area contributed by atoms with Crippen molar-refractivity contribution in [1.82, 2.24) is 4.90 Å². The molecule has 0 aromatic rings. The Balaban J connectivity index is 3.37. The Morgan fingerprint density at radius 2 is 2.00 bits per heavy atom. The molecule has 0 aliphatic carbocycles. The first-order valence-corrected chi connectivity index (χ1v) is 5.71. The molecule has 0 atom stereocenters. The van der Waals surface area contributed by atoms with E-state index < -0.39 is 5.97 Å². The van der Waals surface area contributed by atoms with Gasteiger partial charge in [-0.2, -0.15) is 0 Å². The fourth-order valence-corrected chi connectivity index (χ4v) is 1.28. The number of likely N-dealkylation sites (N-methyl/N-ethyl adjacent to an activating group) is 1. The smallest absolute Gasteiger partial charge is 0.304 e. The SMILES string of the molecule is CCN(CCOCCCOC)CCC(=O)O. The summed E-state index contributed by atoms with van der Waals surface area (Å²) >= 11 is 0. The molecule has 0 spiro atoms. The van der Waals surface area contributed by atoms with Crippen molar-refractivity contribution in [3.8, 4) is 0 Å². The maximum Gasteiger partial charge on any atom is 0.304 e.